The predicted molar refractivity (Wildman–Crippen MR) is 54.8 cm³/mol. The lowest BCUT2D eigenvalue weighted by atomic mass is 9.88. The zero-order chi connectivity index (χ0) is 9.44. The molecule has 0 aliphatic rings. The van der Waals surface area contributed by atoms with Crippen LogP contribution < -0.4 is 0 Å². The Morgan fingerprint density at radius 3 is 0.909 bits per heavy atom. The van der Waals surface area contributed by atoms with Crippen molar-refractivity contribution >= 4 is 0 Å². The molecule has 11 heavy (non-hydrogen) atoms. The second kappa shape index (κ2) is 8.10. The molecule has 0 unspecified atom stereocenters. The van der Waals surface area contributed by atoms with Crippen LogP contribution in [0.15, 0.2) is 0 Å². The molecule has 0 nitrogen and oxygen atoms in total. The van der Waals surface area contributed by atoms with Gasteiger partial charge in [-0.2, -0.15) is 0 Å². The molecule has 0 aromatic rings. The third-order valence-electron chi connectivity index (χ3n) is 2.10. The molecule has 0 spiro atoms. The zero-order valence-electron chi connectivity index (χ0n) is 9.44. The fourth-order valence-electron chi connectivity index (χ4n) is 0.770. The first-order chi connectivity index (χ1) is 4.97. The summed E-state index contributed by atoms with van der Waals surface area (Å²) in [5, 5.41) is 0. The van der Waals surface area contributed by atoms with Gasteiger partial charge in [0.15, 0.2) is 0 Å². The summed E-state index contributed by atoms with van der Waals surface area (Å²) in [6, 6.07) is 0. The van der Waals surface area contributed by atoms with Crippen LogP contribution >= 0.6 is 0 Å². The first-order valence-electron chi connectivity index (χ1n) is 4.97. The van der Waals surface area contributed by atoms with Crippen molar-refractivity contribution in [1.82, 2.24) is 0 Å². The van der Waals surface area contributed by atoms with E-state index in [0.29, 0.717) is 0 Å². The number of rotatable bonds is 2. The second-order valence-corrected chi connectivity index (χ2v) is 4.05. The van der Waals surface area contributed by atoms with Crippen LogP contribution in [0.4, 0.5) is 0 Å². The molecule has 0 fully saturated rings. The molecule has 0 heteroatoms. The van der Waals surface area contributed by atoms with E-state index < -0.39 is 0 Å². The predicted octanol–water partition coefficient (Wildman–Crippen LogP) is 4.35. The van der Waals surface area contributed by atoms with E-state index in [1.165, 1.54) is 6.42 Å². The Morgan fingerprint density at radius 2 is 0.909 bits per heavy atom. The van der Waals surface area contributed by atoms with Crippen LogP contribution in [0.25, 0.3) is 0 Å². The Hall–Kier alpha value is 0. The molecule has 0 rings (SSSR count). The fraction of sp³-hybridized carbons (Fsp3) is 1.00. The van der Waals surface area contributed by atoms with Crippen LogP contribution in [0, 0.1) is 17.8 Å². The highest BCUT2D eigenvalue weighted by Gasteiger charge is 2.09. The van der Waals surface area contributed by atoms with Crippen molar-refractivity contribution in [2.45, 2.75) is 54.9 Å². The Bertz CT molecular complexity index is 54.4. The van der Waals surface area contributed by atoms with Crippen molar-refractivity contribution < 1.29 is 0 Å². The summed E-state index contributed by atoms with van der Waals surface area (Å²) >= 11 is 0. The van der Waals surface area contributed by atoms with Gasteiger partial charge in [0.1, 0.15) is 0 Å². The molecule has 0 saturated carbocycles. The van der Waals surface area contributed by atoms with E-state index in [9.17, 15) is 0 Å². The van der Waals surface area contributed by atoms with Gasteiger partial charge in [0, 0.05) is 0 Å². The topological polar surface area (TPSA) is 0 Å². The molecule has 0 aromatic heterocycles. The van der Waals surface area contributed by atoms with Crippen molar-refractivity contribution in [3.8, 4) is 0 Å². The minimum atomic E-state index is 0.843. The van der Waals surface area contributed by atoms with Gasteiger partial charge in [-0.3, -0.25) is 0 Å². The van der Waals surface area contributed by atoms with E-state index in [1.807, 2.05) is 0 Å². The lowest BCUT2D eigenvalue weighted by Gasteiger charge is -2.18. The summed E-state index contributed by atoms with van der Waals surface area (Å²) in [6.45, 7) is 15.7. The first-order valence-corrected chi connectivity index (χ1v) is 4.97. The highest BCUT2D eigenvalue weighted by Crippen LogP contribution is 2.18. The monoisotopic (exact) mass is 158 g/mol. The van der Waals surface area contributed by atoms with Gasteiger partial charge in [-0.1, -0.05) is 54.9 Å². The lowest BCUT2D eigenvalue weighted by molar-refractivity contribution is 0.316. The third kappa shape index (κ3) is 10.0. The number of hydrogen-bond donors (Lipinski definition) is 0. The van der Waals surface area contributed by atoms with E-state index in [0.717, 1.165) is 17.8 Å². The van der Waals surface area contributed by atoms with Gasteiger partial charge >= 0.3 is 0 Å². The van der Waals surface area contributed by atoms with E-state index in [1.54, 1.807) is 0 Å². The highest BCUT2D eigenvalue weighted by molar-refractivity contribution is 4.59. The van der Waals surface area contributed by atoms with Gasteiger partial charge in [-0.15, -0.1) is 0 Å². The van der Waals surface area contributed by atoms with Crippen molar-refractivity contribution in [3.63, 3.8) is 0 Å². The molecule has 0 heterocycles. The SMILES string of the molecule is CC(C)C(C)C(C)C.CCC. The van der Waals surface area contributed by atoms with Crippen molar-refractivity contribution in [1.29, 1.82) is 0 Å². The summed E-state index contributed by atoms with van der Waals surface area (Å²) < 4.78 is 0. The average Bonchev–Trinajstić information content (AvgIpc) is 1.87. The average molecular weight is 158 g/mol. The van der Waals surface area contributed by atoms with Gasteiger partial charge < -0.3 is 0 Å². The standard InChI is InChI=1S/C8H18.C3H8/c1-6(2)8(5)7(3)4;1-3-2/h6-8H,1-5H3;3H2,1-2H3. The van der Waals surface area contributed by atoms with Crippen LogP contribution in [0.5, 0.6) is 0 Å². The molecule has 0 aromatic carbocycles. The van der Waals surface area contributed by atoms with E-state index in [4.69, 9.17) is 0 Å². The maximum absolute atomic E-state index is 2.31. The van der Waals surface area contributed by atoms with Crippen LogP contribution in [0.2, 0.25) is 0 Å². The van der Waals surface area contributed by atoms with E-state index in [2.05, 4.69) is 48.5 Å². The van der Waals surface area contributed by atoms with Crippen molar-refractivity contribution in [2.24, 2.45) is 17.8 Å². The molecular weight excluding hydrogens is 132 g/mol. The van der Waals surface area contributed by atoms with Crippen LogP contribution in [-0.4, -0.2) is 0 Å². The van der Waals surface area contributed by atoms with Gasteiger partial charge in [-0.25, -0.2) is 0 Å². The minimum absolute atomic E-state index is 0.843. The van der Waals surface area contributed by atoms with E-state index in [-0.39, 0.29) is 0 Å². The smallest absolute Gasteiger partial charge is 0.0396 e. The van der Waals surface area contributed by atoms with Gasteiger partial charge in [0.2, 0.25) is 0 Å². The lowest BCUT2D eigenvalue weighted by Crippen LogP contribution is -2.10. The fourth-order valence-corrected chi connectivity index (χ4v) is 0.770. The molecule has 0 radical (unpaired) electrons. The van der Waals surface area contributed by atoms with Crippen molar-refractivity contribution in [2.75, 3.05) is 0 Å². The Labute approximate surface area is 73.4 Å². The van der Waals surface area contributed by atoms with Crippen LogP contribution in [0.1, 0.15) is 54.9 Å². The third-order valence-corrected chi connectivity index (χ3v) is 2.10. The molecular formula is C11H26. The molecule has 0 N–H and O–H groups in total. The normalized spacial score (nSPS) is 10.4. The summed E-state index contributed by atoms with van der Waals surface area (Å²) in [5.74, 6) is 2.56. The molecule has 0 amide bonds. The molecule has 0 atom stereocenters. The van der Waals surface area contributed by atoms with Crippen molar-refractivity contribution in [3.05, 3.63) is 0 Å². The summed E-state index contributed by atoms with van der Waals surface area (Å²) in [6.07, 6.45) is 1.25. The summed E-state index contributed by atoms with van der Waals surface area (Å²) in [7, 11) is 0. The van der Waals surface area contributed by atoms with Gasteiger partial charge in [-0.05, 0) is 17.8 Å². The van der Waals surface area contributed by atoms with E-state index >= 15 is 0 Å². The molecule has 0 saturated heterocycles. The maximum atomic E-state index is 2.31. The van der Waals surface area contributed by atoms with Gasteiger partial charge in [0.05, 0.1) is 0 Å². The summed E-state index contributed by atoms with van der Waals surface area (Å²) in [4.78, 5) is 0. The Kier molecular flexibility index (Phi) is 10.0. The Balaban J connectivity index is 0. The zero-order valence-corrected chi connectivity index (χ0v) is 9.44. The molecule has 0 aliphatic heterocycles. The molecule has 70 valence electrons. The summed E-state index contributed by atoms with van der Waals surface area (Å²) in [5.41, 5.74) is 0. The first kappa shape index (κ1) is 13.6. The second-order valence-electron chi connectivity index (χ2n) is 4.05. The molecule has 0 bridgehead atoms. The number of hydrogen-bond acceptors (Lipinski definition) is 0. The minimum Gasteiger partial charge on any atom is -0.0656 e. The van der Waals surface area contributed by atoms with Crippen LogP contribution in [0.3, 0.4) is 0 Å². The maximum Gasteiger partial charge on any atom is -0.0396 e. The quantitative estimate of drug-likeness (QED) is 0.560. The van der Waals surface area contributed by atoms with Crippen LogP contribution in [-0.2, 0) is 0 Å². The Morgan fingerprint density at radius 1 is 0.727 bits per heavy atom. The largest absolute Gasteiger partial charge is 0.0656 e. The van der Waals surface area contributed by atoms with Gasteiger partial charge in [0.25, 0.3) is 0 Å². The highest BCUT2D eigenvalue weighted by atomic mass is 14.2. The molecule has 0 aliphatic carbocycles.